The highest BCUT2D eigenvalue weighted by Gasteiger charge is 2.48. The summed E-state index contributed by atoms with van der Waals surface area (Å²) in [5, 5.41) is 58.9. The van der Waals surface area contributed by atoms with Gasteiger partial charge in [0.05, 0.1) is 0 Å². The van der Waals surface area contributed by atoms with Crippen molar-refractivity contribution in [3.05, 3.63) is 59.7 Å². The minimum atomic E-state index is -1.93. The number of carboxylic acids is 1. The molecule has 3 rings (SSSR count). The highest BCUT2D eigenvalue weighted by Crippen LogP contribution is 2.36. The molecule has 2 aromatic rings. The van der Waals surface area contributed by atoms with E-state index in [9.17, 15) is 35.1 Å². The van der Waals surface area contributed by atoms with Gasteiger partial charge < -0.3 is 40.1 Å². The van der Waals surface area contributed by atoms with Gasteiger partial charge in [0.25, 0.3) is 0 Å². The van der Waals surface area contributed by atoms with Crippen LogP contribution in [0.5, 0.6) is 17.2 Å². The number of aromatic hydroxyl groups is 2. The fraction of sp³-hybridized carbons (Fsp3) is 0.238. The van der Waals surface area contributed by atoms with E-state index in [4.69, 9.17) is 14.6 Å². The number of phenols is 2. The summed E-state index contributed by atoms with van der Waals surface area (Å²) in [6.45, 7) is 0. The average Bonchev–Trinajstić information content (AvgIpc) is 2.72. The molecule has 0 aromatic heterocycles. The maximum atomic E-state index is 12.7. The van der Waals surface area contributed by atoms with Crippen LogP contribution in [0.1, 0.15) is 15.9 Å². The average molecular weight is 432 g/mol. The van der Waals surface area contributed by atoms with Crippen LogP contribution in [0.4, 0.5) is 0 Å². The van der Waals surface area contributed by atoms with Gasteiger partial charge in [0.2, 0.25) is 6.29 Å². The van der Waals surface area contributed by atoms with Gasteiger partial charge in [-0.1, -0.05) is 36.4 Å². The number of carboxylic acid groups (broad SMARTS) is 1. The van der Waals surface area contributed by atoms with Crippen molar-refractivity contribution in [3.8, 4) is 17.2 Å². The maximum absolute atomic E-state index is 12.7. The third-order valence-electron chi connectivity index (χ3n) is 4.60. The van der Waals surface area contributed by atoms with Crippen LogP contribution in [-0.2, 0) is 9.53 Å². The van der Waals surface area contributed by atoms with E-state index in [-0.39, 0.29) is 0 Å². The lowest BCUT2D eigenvalue weighted by molar-refractivity contribution is -0.271. The zero-order valence-electron chi connectivity index (χ0n) is 15.9. The lowest BCUT2D eigenvalue weighted by atomic mass is 9.99. The van der Waals surface area contributed by atoms with Crippen molar-refractivity contribution < 1.29 is 49.7 Å². The summed E-state index contributed by atoms with van der Waals surface area (Å²) >= 11 is 0. The van der Waals surface area contributed by atoms with Crippen molar-refractivity contribution in [1.82, 2.24) is 0 Å². The number of carbonyl (C=O) groups excluding carboxylic acids is 1. The Balaban J connectivity index is 1.91. The van der Waals surface area contributed by atoms with E-state index in [0.717, 1.165) is 18.2 Å². The summed E-state index contributed by atoms with van der Waals surface area (Å²) in [4.78, 5) is 23.9. The number of ketones is 1. The molecule has 1 saturated heterocycles. The van der Waals surface area contributed by atoms with Gasteiger partial charge in [-0.2, -0.15) is 0 Å². The molecule has 0 bridgehead atoms. The number of benzene rings is 2. The number of ether oxygens (including phenoxy) is 2. The topological polar surface area (TPSA) is 174 Å². The van der Waals surface area contributed by atoms with Crippen molar-refractivity contribution >= 4 is 17.8 Å². The molecule has 2 aromatic carbocycles. The standard InChI is InChI=1S/C21H20O10/c22-11-8-13(24)15(12(23)7-6-10-4-2-1-3-5-10)14(9-11)30-21-18(27)16(25)17(26)19(31-21)20(28)29/h1-9,16-19,21-22,24-27H,(H,28,29). The van der Waals surface area contributed by atoms with Gasteiger partial charge in [0.15, 0.2) is 11.9 Å². The van der Waals surface area contributed by atoms with Crippen molar-refractivity contribution in [2.45, 2.75) is 30.7 Å². The first-order valence-corrected chi connectivity index (χ1v) is 9.11. The van der Waals surface area contributed by atoms with Crippen molar-refractivity contribution in [1.29, 1.82) is 0 Å². The zero-order chi connectivity index (χ0) is 22.7. The molecule has 0 amide bonds. The van der Waals surface area contributed by atoms with Gasteiger partial charge in [-0.25, -0.2) is 4.79 Å². The summed E-state index contributed by atoms with van der Waals surface area (Å²) in [5.74, 6) is -3.91. The van der Waals surface area contributed by atoms with E-state index < -0.39 is 65.3 Å². The molecule has 5 unspecified atom stereocenters. The molecule has 0 saturated carbocycles. The number of allylic oxidation sites excluding steroid dienone is 1. The highest BCUT2D eigenvalue weighted by molar-refractivity contribution is 6.10. The molecule has 10 heteroatoms. The largest absolute Gasteiger partial charge is 0.508 e. The zero-order valence-corrected chi connectivity index (χ0v) is 15.9. The molecule has 1 aliphatic heterocycles. The first-order valence-electron chi connectivity index (χ1n) is 9.11. The smallest absolute Gasteiger partial charge is 0.335 e. The van der Waals surface area contributed by atoms with Crippen LogP contribution >= 0.6 is 0 Å². The third kappa shape index (κ3) is 4.84. The van der Waals surface area contributed by atoms with Crippen LogP contribution in [0, 0.1) is 0 Å². The Morgan fingerprint density at radius 1 is 0.968 bits per heavy atom. The van der Waals surface area contributed by atoms with E-state index in [0.29, 0.717) is 5.56 Å². The number of hydrogen-bond acceptors (Lipinski definition) is 9. The molecule has 164 valence electrons. The number of carbonyl (C=O) groups is 2. The Morgan fingerprint density at radius 2 is 1.65 bits per heavy atom. The highest BCUT2D eigenvalue weighted by atomic mass is 16.7. The van der Waals surface area contributed by atoms with Crippen molar-refractivity contribution in [2.75, 3.05) is 0 Å². The predicted octanol–water partition coefficient (Wildman–Crippen LogP) is 0.265. The van der Waals surface area contributed by atoms with E-state index in [1.165, 1.54) is 6.08 Å². The van der Waals surface area contributed by atoms with E-state index in [1.807, 2.05) is 0 Å². The van der Waals surface area contributed by atoms with E-state index >= 15 is 0 Å². The Kier molecular flexibility index (Phi) is 6.56. The van der Waals surface area contributed by atoms with Crippen LogP contribution in [0.25, 0.3) is 6.08 Å². The lowest BCUT2D eigenvalue weighted by Gasteiger charge is -2.38. The SMILES string of the molecule is O=C(C=Cc1ccccc1)c1c(O)cc(O)cc1OC1OC(C(=O)O)C(O)C(O)C1O. The summed E-state index contributed by atoms with van der Waals surface area (Å²) in [7, 11) is 0. The number of rotatable bonds is 6. The minimum absolute atomic E-state index is 0.395. The van der Waals surface area contributed by atoms with Crippen LogP contribution in [0.2, 0.25) is 0 Å². The molecule has 10 nitrogen and oxygen atoms in total. The molecule has 1 aliphatic rings. The number of aliphatic carboxylic acids is 1. The van der Waals surface area contributed by atoms with E-state index in [2.05, 4.69) is 0 Å². The first kappa shape index (κ1) is 22.2. The summed E-state index contributed by atoms with van der Waals surface area (Å²) in [6.07, 6.45) is -6.88. The van der Waals surface area contributed by atoms with Crippen molar-refractivity contribution in [3.63, 3.8) is 0 Å². The molecular formula is C21H20O10. The fourth-order valence-corrected chi connectivity index (χ4v) is 3.02. The fourth-order valence-electron chi connectivity index (χ4n) is 3.02. The Morgan fingerprint density at radius 3 is 2.29 bits per heavy atom. The maximum Gasteiger partial charge on any atom is 0.335 e. The molecule has 5 atom stereocenters. The van der Waals surface area contributed by atoms with Crippen molar-refractivity contribution in [2.24, 2.45) is 0 Å². The first-order chi connectivity index (χ1) is 14.7. The third-order valence-corrected chi connectivity index (χ3v) is 4.60. The molecule has 1 heterocycles. The molecule has 0 aliphatic carbocycles. The number of aliphatic hydroxyl groups excluding tert-OH is 3. The van der Waals surface area contributed by atoms with Crippen LogP contribution < -0.4 is 4.74 Å². The second kappa shape index (κ2) is 9.14. The molecule has 0 spiro atoms. The second-order valence-electron chi connectivity index (χ2n) is 6.80. The van der Waals surface area contributed by atoms with Gasteiger partial charge in [0.1, 0.15) is 41.1 Å². The van der Waals surface area contributed by atoms with Crippen LogP contribution in [-0.4, -0.2) is 73.1 Å². The Bertz CT molecular complexity index is 987. The number of phenolic OH excluding ortho intramolecular Hbond substituents is 2. The van der Waals surface area contributed by atoms with Gasteiger partial charge in [-0.05, 0) is 11.6 Å². The van der Waals surface area contributed by atoms with Crippen LogP contribution in [0.15, 0.2) is 48.5 Å². The van der Waals surface area contributed by atoms with Gasteiger partial charge in [-0.3, -0.25) is 4.79 Å². The second-order valence-corrected chi connectivity index (χ2v) is 6.80. The number of hydrogen-bond donors (Lipinski definition) is 6. The minimum Gasteiger partial charge on any atom is -0.508 e. The quantitative estimate of drug-likeness (QED) is 0.274. The molecule has 1 fully saturated rings. The molecule has 0 radical (unpaired) electrons. The predicted molar refractivity (Wildman–Crippen MR) is 105 cm³/mol. The summed E-state index contributed by atoms with van der Waals surface area (Å²) < 4.78 is 10.4. The van der Waals surface area contributed by atoms with Gasteiger partial charge in [0, 0.05) is 12.1 Å². The Labute approximate surface area is 175 Å². The Hall–Kier alpha value is -3.44. The van der Waals surface area contributed by atoms with Crippen LogP contribution in [0.3, 0.4) is 0 Å². The van der Waals surface area contributed by atoms with Gasteiger partial charge in [-0.15, -0.1) is 0 Å². The molecule has 31 heavy (non-hydrogen) atoms. The number of aliphatic hydroxyl groups is 3. The monoisotopic (exact) mass is 432 g/mol. The van der Waals surface area contributed by atoms with E-state index in [1.54, 1.807) is 30.3 Å². The lowest BCUT2D eigenvalue weighted by Crippen LogP contribution is -2.61. The summed E-state index contributed by atoms with van der Waals surface area (Å²) in [6, 6.07) is 10.6. The van der Waals surface area contributed by atoms with Gasteiger partial charge >= 0.3 is 5.97 Å². The molecular weight excluding hydrogens is 412 g/mol. The summed E-state index contributed by atoms with van der Waals surface area (Å²) in [5.41, 5.74) is 0.303. The normalized spacial score (nSPS) is 26.0. The molecule has 6 N–H and O–H groups in total.